The number of aliphatic hydroxyl groups is 1. The first-order chi connectivity index (χ1) is 24.1. The van der Waals surface area contributed by atoms with E-state index in [2.05, 4.69) is 59.1 Å². The van der Waals surface area contributed by atoms with E-state index in [9.17, 15) is 24.6 Å². The molecular formula is C43H69N3O6. The highest BCUT2D eigenvalue weighted by molar-refractivity contribution is 6.00. The zero-order valence-corrected chi connectivity index (χ0v) is 33.6. The lowest BCUT2D eigenvalue weighted by molar-refractivity contribution is -0.238. The van der Waals surface area contributed by atoms with Gasteiger partial charge in [0.2, 0.25) is 0 Å². The predicted molar refractivity (Wildman–Crippen MR) is 201 cm³/mol. The van der Waals surface area contributed by atoms with Gasteiger partial charge in [0.05, 0.1) is 23.5 Å². The number of ketones is 1. The second-order valence-corrected chi connectivity index (χ2v) is 21.3. The van der Waals surface area contributed by atoms with E-state index in [1.165, 1.54) is 5.57 Å². The number of carbonyl (C=O) groups is 3. The molecule has 0 aromatic carbocycles. The number of Topliss-reactive ketones (excluding diaryl/α,β-unsaturated/α-hetero) is 1. The fraction of sp³-hybridized carbons (Fsp3) is 0.884. The Morgan fingerprint density at radius 3 is 2.19 bits per heavy atom. The minimum atomic E-state index is -0.827. The molecule has 0 bridgehead atoms. The number of allylic oxidation sites excluding steroid dienone is 1. The quantitative estimate of drug-likeness (QED) is 0.184. The maximum Gasteiger partial charge on any atom is 0.309 e. The lowest BCUT2D eigenvalue weighted by Gasteiger charge is -2.72. The Hall–Kier alpha value is -1.81. The third-order valence-corrected chi connectivity index (χ3v) is 17.9. The van der Waals surface area contributed by atoms with Crippen molar-refractivity contribution in [3.05, 3.63) is 11.1 Å². The monoisotopic (exact) mass is 724 g/mol. The summed E-state index contributed by atoms with van der Waals surface area (Å²) in [6.45, 7) is 23.1. The highest BCUT2D eigenvalue weighted by atomic mass is 16.5. The number of carboxylic acid groups (broad SMARTS) is 1. The number of hydrogen-bond donors (Lipinski definition) is 5. The molecule has 11 atom stereocenters. The topological polar surface area (TPSA) is 151 Å². The van der Waals surface area contributed by atoms with Gasteiger partial charge in [-0.25, -0.2) is 0 Å². The lowest BCUT2D eigenvalue weighted by atomic mass is 9.33. The van der Waals surface area contributed by atoms with Crippen LogP contribution in [0.5, 0.6) is 0 Å². The number of esters is 1. The van der Waals surface area contributed by atoms with E-state index in [4.69, 9.17) is 10.5 Å². The summed E-state index contributed by atoms with van der Waals surface area (Å²) in [6, 6.07) is 0. The molecule has 1 heterocycles. The van der Waals surface area contributed by atoms with Crippen LogP contribution < -0.4 is 16.4 Å². The van der Waals surface area contributed by atoms with E-state index < -0.39 is 28.8 Å². The third kappa shape index (κ3) is 5.23. The van der Waals surface area contributed by atoms with E-state index in [0.717, 1.165) is 70.0 Å². The Balaban J connectivity index is 1.13. The molecule has 9 heteroatoms. The summed E-state index contributed by atoms with van der Waals surface area (Å²) in [4.78, 5) is 39.4. The molecule has 7 rings (SSSR count). The molecular weight excluding hydrogens is 654 g/mol. The second kappa shape index (κ2) is 12.3. The zero-order chi connectivity index (χ0) is 38.0. The van der Waals surface area contributed by atoms with Gasteiger partial charge in [0.1, 0.15) is 6.10 Å². The van der Waals surface area contributed by atoms with Gasteiger partial charge in [-0.1, -0.05) is 67.9 Å². The average Bonchev–Trinajstić information content (AvgIpc) is 3.34. The molecule has 9 nitrogen and oxygen atoms in total. The van der Waals surface area contributed by atoms with Crippen LogP contribution in [0.2, 0.25) is 0 Å². The molecule has 52 heavy (non-hydrogen) atoms. The van der Waals surface area contributed by atoms with Crippen LogP contribution in [0, 0.1) is 68.0 Å². The second-order valence-electron chi connectivity index (χ2n) is 21.3. The molecule has 6 fully saturated rings. The molecule has 0 spiro atoms. The summed E-state index contributed by atoms with van der Waals surface area (Å²) < 4.78 is 6.41. The maximum atomic E-state index is 14.0. The largest absolute Gasteiger partial charge is 0.481 e. The summed E-state index contributed by atoms with van der Waals surface area (Å²) in [7, 11) is 0. The molecule has 1 aliphatic heterocycles. The fourth-order valence-corrected chi connectivity index (χ4v) is 14.5. The van der Waals surface area contributed by atoms with E-state index in [-0.39, 0.29) is 62.8 Å². The Morgan fingerprint density at radius 1 is 0.904 bits per heavy atom. The van der Waals surface area contributed by atoms with Crippen LogP contribution in [-0.2, 0) is 19.1 Å². The maximum absolute atomic E-state index is 14.0. The normalized spacial score (nSPS) is 44.7. The van der Waals surface area contributed by atoms with Crippen LogP contribution in [0.4, 0.5) is 0 Å². The Kier molecular flexibility index (Phi) is 9.13. The summed E-state index contributed by atoms with van der Waals surface area (Å²) in [5.41, 5.74) is 7.35. The van der Waals surface area contributed by atoms with Gasteiger partial charge < -0.3 is 31.3 Å². The van der Waals surface area contributed by atoms with Crippen LogP contribution in [-0.4, -0.2) is 71.9 Å². The van der Waals surface area contributed by atoms with E-state index in [1.807, 2.05) is 13.8 Å². The number of ether oxygens (including phenoxy) is 1. The molecule has 6 N–H and O–H groups in total. The highest BCUT2D eigenvalue weighted by Crippen LogP contribution is 2.77. The summed E-state index contributed by atoms with van der Waals surface area (Å²) >= 11 is 0. The first-order valence-corrected chi connectivity index (χ1v) is 20.7. The van der Waals surface area contributed by atoms with Crippen LogP contribution in [0.15, 0.2) is 11.1 Å². The molecule has 0 amide bonds. The van der Waals surface area contributed by atoms with Gasteiger partial charge >= 0.3 is 11.9 Å². The molecule has 1 saturated heterocycles. The summed E-state index contributed by atoms with van der Waals surface area (Å²) in [5.74, 6) is -0.385. The minimum Gasteiger partial charge on any atom is -0.481 e. The van der Waals surface area contributed by atoms with Crippen molar-refractivity contribution in [1.29, 1.82) is 0 Å². The van der Waals surface area contributed by atoms with Crippen molar-refractivity contribution in [1.82, 2.24) is 10.6 Å². The first-order valence-electron chi connectivity index (χ1n) is 20.7. The number of rotatable bonds is 9. The first kappa shape index (κ1) is 38.5. The van der Waals surface area contributed by atoms with Gasteiger partial charge in [0.25, 0.3) is 0 Å². The van der Waals surface area contributed by atoms with Crippen LogP contribution in [0.1, 0.15) is 127 Å². The average molecular weight is 724 g/mol. The zero-order valence-electron chi connectivity index (χ0n) is 33.6. The van der Waals surface area contributed by atoms with Crippen molar-refractivity contribution in [3.8, 4) is 0 Å². The van der Waals surface area contributed by atoms with Gasteiger partial charge in [-0.2, -0.15) is 0 Å². The molecule has 5 saturated carbocycles. The third-order valence-electron chi connectivity index (χ3n) is 17.9. The van der Waals surface area contributed by atoms with Crippen molar-refractivity contribution in [3.63, 3.8) is 0 Å². The number of nitrogens with one attached hydrogen (secondary N) is 2. The van der Waals surface area contributed by atoms with Crippen molar-refractivity contribution < 1.29 is 29.3 Å². The molecule has 0 radical (unpaired) electrons. The van der Waals surface area contributed by atoms with Gasteiger partial charge in [-0.15, -0.1) is 0 Å². The number of aliphatic hydroxyl groups excluding tert-OH is 1. The smallest absolute Gasteiger partial charge is 0.309 e. The Morgan fingerprint density at radius 2 is 1.60 bits per heavy atom. The Bertz CT molecular complexity index is 1530. The van der Waals surface area contributed by atoms with Crippen LogP contribution in [0.3, 0.4) is 0 Å². The number of nitrogens with two attached hydrogens (primary N) is 1. The number of hydrogen-bond acceptors (Lipinski definition) is 8. The molecule has 292 valence electrons. The van der Waals surface area contributed by atoms with Gasteiger partial charge in [0, 0.05) is 43.4 Å². The molecule has 2 unspecified atom stereocenters. The van der Waals surface area contributed by atoms with Gasteiger partial charge in [-0.05, 0) is 109 Å². The van der Waals surface area contributed by atoms with Crippen LogP contribution >= 0.6 is 0 Å². The number of aliphatic carboxylic acids is 1. The van der Waals surface area contributed by atoms with Gasteiger partial charge in [-0.3, -0.25) is 14.4 Å². The van der Waals surface area contributed by atoms with Crippen molar-refractivity contribution in [2.75, 3.05) is 26.2 Å². The van der Waals surface area contributed by atoms with Gasteiger partial charge in [0.15, 0.2) is 5.78 Å². The van der Waals surface area contributed by atoms with E-state index in [1.54, 1.807) is 0 Å². The number of carboxylic acids is 1. The van der Waals surface area contributed by atoms with E-state index >= 15 is 0 Å². The summed E-state index contributed by atoms with van der Waals surface area (Å²) in [5, 5.41) is 28.5. The van der Waals surface area contributed by atoms with Crippen molar-refractivity contribution >= 4 is 17.7 Å². The van der Waals surface area contributed by atoms with Crippen LogP contribution in [0.25, 0.3) is 0 Å². The standard InChI is InChI=1S/C43H69N3O6/c1-24(2)33-28(47)19-43(31(48)20-45-21-42(44)22-46-23-42)17-16-40(8)25(34(33)43)10-11-30-39(7)14-13-32(38(5,6)29(39)12-15-41(30,40)9)52-36(51)27-18-26(35(49)50)37(27,3)4/h24-27,29-32,45-46,48H,10-23,44H2,1-9H3,(H,49,50)/t25?,26-,27+,29-,30+,31-,32?,39-,40+,41+,43-/m0/s1. The van der Waals surface area contributed by atoms with E-state index in [0.29, 0.717) is 37.8 Å². The number of carbonyl (C=O) groups excluding carboxylic acids is 2. The van der Waals surface area contributed by atoms with Crippen molar-refractivity contribution in [2.45, 2.75) is 144 Å². The summed E-state index contributed by atoms with van der Waals surface area (Å²) in [6.07, 6.45) is 7.96. The molecule has 0 aromatic heterocycles. The SMILES string of the molecule is CC(C)C1=C2C3CC[C@@H]4[C@@]5(C)CCC(OC(=O)[C@H]6C[C@@H](C(=O)O)C6(C)C)C(C)(C)[C@@H]5CC[C@@]4(C)[C@]3(C)CC[C@@]2([C@@H](O)CNCC2(N)CNC2)CC1=O. The fourth-order valence-electron chi connectivity index (χ4n) is 14.5. The minimum absolute atomic E-state index is 0.00347. The van der Waals surface area contributed by atoms with Crippen molar-refractivity contribution in [2.24, 2.45) is 73.7 Å². The highest BCUT2D eigenvalue weighted by Gasteiger charge is 2.71. The Labute approximate surface area is 312 Å². The molecule has 7 aliphatic rings. The molecule has 0 aromatic rings. The molecule has 6 aliphatic carbocycles. The predicted octanol–water partition coefficient (Wildman–Crippen LogP) is 5.88. The lowest BCUT2D eigenvalue weighted by Crippen LogP contribution is -2.70. The number of fused-ring (bicyclic) bond motifs is 7.